The first-order chi connectivity index (χ1) is 16.8. The first-order valence-electron chi connectivity index (χ1n) is 13.2. The number of rotatable bonds is 8. The summed E-state index contributed by atoms with van der Waals surface area (Å²) in [5.74, 6) is 1.26. The molecule has 186 valence electrons. The molecule has 0 saturated carbocycles. The Morgan fingerprint density at radius 1 is 1.31 bits per heavy atom. The summed E-state index contributed by atoms with van der Waals surface area (Å²) in [6, 6.07) is 5.73. The van der Waals surface area contributed by atoms with E-state index >= 15 is 0 Å². The lowest BCUT2D eigenvalue weighted by Crippen LogP contribution is -2.22. The molecule has 2 aromatic rings. The molecule has 5 heteroatoms. The molecular weight excluding hydrogens is 432 g/mol. The third-order valence-electron chi connectivity index (χ3n) is 7.71. The highest BCUT2D eigenvalue weighted by Crippen LogP contribution is 2.30. The van der Waals surface area contributed by atoms with Crippen LogP contribution in [0, 0.1) is 11.8 Å². The molecule has 5 nitrogen and oxygen atoms in total. The molecule has 1 saturated heterocycles. The molecule has 2 aromatic heterocycles. The van der Waals surface area contributed by atoms with Crippen molar-refractivity contribution in [2.24, 2.45) is 11.8 Å². The minimum atomic E-state index is -0.0530. The maximum atomic E-state index is 13.2. The summed E-state index contributed by atoms with van der Waals surface area (Å²) in [6.45, 7) is 17.3. The van der Waals surface area contributed by atoms with Gasteiger partial charge >= 0.3 is 0 Å². The average Bonchev–Trinajstić information content (AvgIpc) is 3.33. The maximum absolute atomic E-state index is 13.2. The Hall–Kier alpha value is -3.08. The van der Waals surface area contributed by atoms with Crippen LogP contribution in [-0.2, 0) is 0 Å². The van der Waals surface area contributed by atoms with Crippen LogP contribution in [0.2, 0.25) is 0 Å². The maximum Gasteiger partial charge on any atom is 0.258 e. The second-order valence-corrected chi connectivity index (χ2v) is 10.3. The minimum Gasteiger partial charge on any atom is -0.370 e. The van der Waals surface area contributed by atoms with Gasteiger partial charge in [-0.1, -0.05) is 45.8 Å². The van der Waals surface area contributed by atoms with E-state index in [2.05, 4.69) is 69.3 Å². The van der Waals surface area contributed by atoms with Crippen molar-refractivity contribution in [1.82, 2.24) is 14.3 Å². The van der Waals surface area contributed by atoms with Crippen LogP contribution < -0.4 is 10.5 Å². The van der Waals surface area contributed by atoms with Crippen LogP contribution in [0.4, 0.5) is 5.69 Å². The molecule has 0 N–H and O–H groups in total. The van der Waals surface area contributed by atoms with E-state index in [1.54, 1.807) is 10.5 Å². The number of anilines is 1. The highest BCUT2D eigenvalue weighted by Gasteiger charge is 2.23. The summed E-state index contributed by atoms with van der Waals surface area (Å²) in [5, 5.41) is 0. The molecule has 0 aliphatic carbocycles. The number of pyridine rings is 1. The van der Waals surface area contributed by atoms with Crippen LogP contribution in [-0.4, -0.2) is 27.4 Å². The van der Waals surface area contributed by atoms with Gasteiger partial charge in [0, 0.05) is 49.0 Å². The van der Waals surface area contributed by atoms with Crippen molar-refractivity contribution in [2.45, 2.75) is 66.7 Å². The molecule has 2 atom stereocenters. The molecule has 0 amide bonds. The number of unbranched alkanes of at least 4 members (excludes halogenated alkanes) is 1. The third-order valence-corrected chi connectivity index (χ3v) is 7.71. The Morgan fingerprint density at radius 2 is 2.11 bits per heavy atom. The zero-order valence-corrected chi connectivity index (χ0v) is 22.1. The molecule has 2 aliphatic rings. The summed E-state index contributed by atoms with van der Waals surface area (Å²) in [5.41, 5.74) is 6.65. The molecule has 0 radical (unpaired) electrons. The summed E-state index contributed by atoms with van der Waals surface area (Å²) in [4.78, 5) is 22.5. The molecule has 0 spiro atoms. The average molecular weight is 473 g/mol. The quantitative estimate of drug-likeness (QED) is 0.425. The zero-order chi connectivity index (χ0) is 25.1. The van der Waals surface area contributed by atoms with Crippen molar-refractivity contribution < 1.29 is 0 Å². The first-order valence-corrected chi connectivity index (χ1v) is 13.2. The topological polar surface area (TPSA) is 40.9 Å². The van der Waals surface area contributed by atoms with Crippen LogP contribution in [0.1, 0.15) is 72.4 Å². The van der Waals surface area contributed by atoms with E-state index in [0.717, 1.165) is 48.0 Å². The number of nitrogens with zero attached hydrogens (tertiary/aromatic N) is 4. The van der Waals surface area contributed by atoms with Gasteiger partial charge in [-0.05, 0) is 68.7 Å². The molecule has 35 heavy (non-hydrogen) atoms. The van der Waals surface area contributed by atoms with Crippen LogP contribution in [0.25, 0.3) is 11.2 Å². The number of hydrogen-bond acceptors (Lipinski definition) is 4. The number of hydrogen-bond donors (Lipinski definition) is 0. The fraction of sp³-hybridized carbons (Fsp3) is 0.467. The monoisotopic (exact) mass is 472 g/mol. The zero-order valence-electron chi connectivity index (χ0n) is 22.1. The van der Waals surface area contributed by atoms with E-state index in [0.29, 0.717) is 17.3 Å². The Kier molecular flexibility index (Phi) is 7.63. The minimum absolute atomic E-state index is 0.0530. The lowest BCUT2D eigenvalue weighted by Gasteiger charge is -2.26. The van der Waals surface area contributed by atoms with E-state index in [4.69, 9.17) is 4.98 Å². The van der Waals surface area contributed by atoms with E-state index < -0.39 is 0 Å². The Labute approximate surface area is 210 Å². The molecule has 1 fully saturated rings. The lowest BCUT2D eigenvalue weighted by atomic mass is 9.99. The first kappa shape index (κ1) is 25.0. The van der Waals surface area contributed by atoms with Gasteiger partial charge in [-0.15, -0.1) is 0 Å². The fourth-order valence-corrected chi connectivity index (χ4v) is 4.93. The Morgan fingerprint density at radius 3 is 2.86 bits per heavy atom. The van der Waals surface area contributed by atoms with Gasteiger partial charge < -0.3 is 9.80 Å². The Bertz CT molecular complexity index is 1250. The molecule has 4 heterocycles. The second-order valence-electron chi connectivity index (χ2n) is 10.3. The fourth-order valence-electron chi connectivity index (χ4n) is 4.93. The summed E-state index contributed by atoms with van der Waals surface area (Å²) >= 11 is 0. The van der Waals surface area contributed by atoms with Gasteiger partial charge in [0.25, 0.3) is 5.56 Å². The van der Waals surface area contributed by atoms with E-state index in [1.807, 2.05) is 18.5 Å². The number of aromatic nitrogens is 2. The summed E-state index contributed by atoms with van der Waals surface area (Å²) in [6.07, 6.45) is 14.4. The molecule has 2 aliphatic heterocycles. The van der Waals surface area contributed by atoms with E-state index in [-0.39, 0.29) is 5.56 Å². The third kappa shape index (κ3) is 5.44. The predicted molar refractivity (Wildman–Crippen MR) is 147 cm³/mol. The molecule has 4 rings (SSSR count). The van der Waals surface area contributed by atoms with Crippen molar-refractivity contribution in [1.29, 1.82) is 0 Å². The molecule has 0 bridgehead atoms. The van der Waals surface area contributed by atoms with Crippen LogP contribution >= 0.6 is 0 Å². The van der Waals surface area contributed by atoms with Gasteiger partial charge in [0.05, 0.1) is 11.4 Å². The second kappa shape index (κ2) is 10.7. The van der Waals surface area contributed by atoms with Crippen LogP contribution in [0.3, 0.4) is 0 Å². The largest absolute Gasteiger partial charge is 0.370 e. The molecule has 0 aromatic carbocycles. The van der Waals surface area contributed by atoms with Crippen molar-refractivity contribution in [3.8, 4) is 0 Å². The smallest absolute Gasteiger partial charge is 0.258 e. The van der Waals surface area contributed by atoms with Crippen molar-refractivity contribution in [2.75, 3.05) is 18.0 Å². The van der Waals surface area contributed by atoms with Gasteiger partial charge in [-0.3, -0.25) is 9.20 Å². The van der Waals surface area contributed by atoms with Gasteiger partial charge in [0.2, 0.25) is 0 Å². The molecular formula is C30H40N4O. The lowest BCUT2D eigenvalue weighted by molar-refractivity contribution is 0.510. The highest BCUT2D eigenvalue weighted by atomic mass is 16.1. The highest BCUT2D eigenvalue weighted by molar-refractivity contribution is 5.76. The van der Waals surface area contributed by atoms with E-state index in [9.17, 15) is 4.79 Å². The van der Waals surface area contributed by atoms with Gasteiger partial charge in [-0.25, -0.2) is 4.98 Å². The predicted octanol–water partition coefficient (Wildman–Crippen LogP) is 6.78. The molecule has 1 unspecified atom stereocenters. The summed E-state index contributed by atoms with van der Waals surface area (Å²) < 4.78 is 1.68. The van der Waals surface area contributed by atoms with Crippen molar-refractivity contribution in [3.05, 3.63) is 82.3 Å². The van der Waals surface area contributed by atoms with Crippen molar-refractivity contribution >= 4 is 16.9 Å². The SMILES string of the molecule is C=C1C(C)=CC(c2cc(=O)n3cc(N4CC[C@H](CCCC)C4)ccc3n2)=CN1/C=C(/C)C(C)CC. The Balaban J connectivity index is 1.63. The van der Waals surface area contributed by atoms with Crippen molar-refractivity contribution in [3.63, 3.8) is 0 Å². The van der Waals surface area contributed by atoms with Gasteiger partial charge in [0.1, 0.15) is 5.65 Å². The number of fused-ring (bicyclic) bond motifs is 1. The normalized spacial score (nSPS) is 19.9. The standard InChI is InChI=1S/C30H40N4O/c1-7-9-10-25-13-14-32(18-25)27-11-12-29-31-28(16-30(35)34(29)20-27)26-15-22(4)24(6)33(19-26)17-23(5)21(3)8-2/h11-12,15-17,19-21,25H,6-10,13-14,18H2,1-5H3/b23-17-/t21?,25-/m0/s1. The van der Waals surface area contributed by atoms with Gasteiger partial charge in [0.15, 0.2) is 0 Å². The summed E-state index contributed by atoms with van der Waals surface area (Å²) in [7, 11) is 0. The van der Waals surface area contributed by atoms with Crippen LogP contribution in [0.15, 0.2) is 71.1 Å². The number of allylic oxidation sites excluding steroid dienone is 4. The van der Waals surface area contributed by atoms with Crippen LogP contribution in [0.5, 0.6) is 0 Å². The van der Waals surface area contributed by atoms with Gasteiger partial charge in [-0.2, -0.15) is 0 Å². The van der Waals surface area contributed by atoms with E-state index in [1.165, 1.54) is 31.3 Å².